The van der Waals surface area contributed by atoms with Crippen molar-refractivity contribution in [1.82, 2.24) is 5.32 Å². The van der Waals surface area contributed by atoms with Gasteiger partial charge in [-0.25, -0.2) is 0 Å². The van der Waals surface area contributed by atoms with Gasteiger partial charge in [-0.15, -0.1) is 0 Å². The summed E-state index contributed by atoms with van der Waals surface area (Å²) in [6, 6.07) is -0.538. The summed E-state index contributed by atoms with van der Waals surface area (Å²) in [7, 11) is 0. The number of aliphatic hydroxyl groups is 2. The third kappa shape index (κ3) is 73.3. The Balaban J connectivity index is 3.31. The zero-order valence-electron chi connectivity index (χ0n) is 59.3. The lowest BCUT2D eigenvalue weighted by Crippen LogP contribution is -2.45. The van der Waals surface area contributed by atoms with E-state index >= 15 is 0 Å². The van der Waals surface area contributed by atoms with E-state index in [0.29, 0.717) is 25.9 Å². The molecule has 2 unspecified atom stereocenters. The lowest BCUT2D eigenvalue weighted by Gasteiger charge is -2.22. The van der Waals surface area contributed by atoms with Crippen molar-refractivity contribution < 1.29 is 24.5 Å². The maximum absolute atomic E-state index is 12.6. The van der Waals surface area contributed by atoms with Crippen LogP contribution >= 0.6 is 0 Å². The Morgan fingerprint density at radius 1 is 0.322 bits per heavy atom. The van der Waals surface area contributed by atoms with Gasteiger partial charge in [0.15, 0.2) is 0 Å². The van der Waals surface area contributed by atoms with Gasteiger partial charge in [0.2, 0.25) is 5.91 Å². The van der Waals surface area contributed by atoms with Crippen molar-refractivity contribution in [3.05, 3.63) is 24.3 Å². The van der Waals surface area contributed by atoms with Gasteiger partial charge in [0.1, 0.15) is 0 Å². The summed E-state index contributed by atoms with van der Waals surface area (Å²) in [5.74, 6) is -0.00986. The number of ether oxygens (including phenoxy) is 1. The second-order valence-electron chi connectivity index (χ2n) is 27.8. The molecule has 0 fully saturated rings. The molecule has 6 nitrogen and oxygen atoms in total. The van der Waals surface area contributed by atoms with Crippen LogP contribution in [0, 0.1) is 0 Å². The minimum atomic E-state index is -0.661. The molecule has 0 aromatic heterocycles. The van der Waals surface area contributed by atoms with Gasteiger partial charge in [0, 0.05) is 12.8 Å². The van der Waals surface area contributed by atoms with Crippen molar-refractivity contribution in [2.75, 3.05) is 13.2 Å². The number of allylic oxidation sites excluding steroid dienone is 4. The number of hydrogen-bond donors (Lipinski definition) is 3. The normalized spacial score (nSPS) is 12.6. The Kier molecular flexibility index (Phi) is 75.3. The smallest absolute Gasteiger partial charge is 0.305 e. The van der Waals surface area contributed by atoms with E-state index in [0.717, 1.165) is 51.4 Å². The first-order chi connectivity index (χ1) is 43.0. The summed E-state index contributed by atoms with van der Waals surface area (Å²) in [4.78, 5) is 24.7. The Hall–Kier alpha value is -1.66. The van der Waals surface area contributed by atoms with E-state index in [1.807, 2.05) is 0 Å². The number of aliphatic hydroxyl groups excluding tert-OH is 2. The third-order valence-electron chi connectivity index (χ3n) is 19.0. The number of hydrogen-bond acceptors (Lipinski definition) is 5. The highest BCUT2D eigenvalue weighted by molar-refractivity contribution is 5.76. The molecule has 0 aliphatic carbocycles. The number of nitrogens with one attached hydrogen (secondary N) is 1. The van der Waals surface area contributed by atoms with Crippen molar-refractivity contribution in [1.29, 1.82) is 0 Å². The molecule has 0 rings (SSSR count). The van der Waals surface area contributed by atoms with E-state index in [2.05, 4.69) is 43.5 Å². The van der Waals surface area contributed by atoms with Gasteiger partial charge in [-0.3, -0.25) is 9.59 Å². The third-order valence-corrected chi connectivity index (χ3v) is 19.0. The number of rotatable bonds is 76. The van der Waals surface area contributed by atoms with Crippen LogP contribution in [-0.4, -0.2) is 47.4 Å². The summed E-state index contributed by atoms with van der Waals surface area (Å²) < 4.78 is 5.51. The van der Waals surface area contributed by atoms with Crippen LogP contribution in [0.15, 0.2) is 24.3 Å². The summed E-state index contributed by atoms with van der Waals surface area (Å²) in [6.45, 7) is 4.99. The molecule has 3 N–H and O–H groups in total. The fraction of sp³-hybridized carbons (Fsp3) is 0.926. The zero-order chi connectivity index (χ0) is 62.8. The van der Waals surface area contributed by atoms with Crippen LogP contribution < -0.4 is 5.32 Å². The van der Waals surface area contributed by atoms with Gasteiger partial charge < -0.3 is 20.3 Å². The van der Waals surface area contributed by atoms with Crippen LogP contribution in [0.4, 0.5) is 0 Å². The second kappa shape index (κ2) is 76.8. The molecule has 2 atom stereocenters. The number of unbranched alkanes of at least 4 members (excludes halogenated alkanes) is 61. The number of carbonyl (C=O) groups excluding carboxylic acids is 2. The van der Waals surface area contributed by atoms with E-state index in [1.165, 1.54) is 372 Å². The van der Waals surface area contributed by atoms with Crippen LogP contribution in [0.3, 0.4) is 0 Å². The lowest BCUT2D eigenvalue weighted by atomic mass is 10.0. The van der Waals surface area contributed by atoms with Gasteiger partial charge in [0.05, 0.1) is 25.4 Å². The first kappa shape index (κ1) is 85.3. The first-order valence-electron chi connectivity index (χ1n) is 40.1. The molecule has 0 radical (unpaired) electrons. The maximum Gasteiger partial charge on any atom is 0.305 e. The maximum atomic E-state index is 12.6. The van der Waals surface area contributed by atoms with Crippen molar-refractivity contribution in [2.24, 2.45) is 0 Å². The van der Waals surface area contributed by atoms with Crippen molar-refractivity contribution in [3.8, 4) is 0 Å². The molecule has 0 aliphatic rings. The first-order valence-corrected chi connectivity index (χ1v) is 40.1. The highest BCUT2D eigenvalue weighted by atomic mass is 16.5. The molecule has 0 spiro atoms. The van der Waals surface area contributed by atoms with Crippen LogP contribution in [0.1, 0.15) is 457 Å². The van der Waals surface area contributed by atoms with E-state index in [1.54, 1.807) is 0 Å². The molecule has 516 valence electrons. The quantitative estimate of drug-likeness (QED) is 0.0320. The number of esters is 1. The molecule has 1 amide bonds. The van der Waals surface area contributed by atoms with Crippen molar-refractivity contribution in [2.45, 2.75) is 469 Å². The number of amides is 1. The summed E-state index contributed by atoms with van der Waals surface area (Å²) in [5, 5.41) is 23.4. The minimum absolute atomic E-state index is 0.0154. The van der Waals surface area contributed by atoms with Gasteiger partial charge in [-0.2, -0.15) is 0 Å². The van der Waals surface area contributed by atoms with E-state index in [9.17, 15) is 19.8 Å². The van der Waals surface area contributed by atoms with Crippen molar-refractivity contribution in [3.63, 3.8) is 0 Å². The van der Waals surface area contributed by atoms with E-state index in [4.69, 9.17) is 4.74 Å². The highest BCUT2D eigenvalue weighted by Crippen LogP contribution is 2.20. The van der Waals surface area contributed by atoms with Crippen LogP contribution in [0.2, 0.25) is 0 Å². The molecular formula is C81H157NO5. The minimum Gasteiger partial charge on any atom is -0.466 e. The van der Waals surface area contributed by atoms with E-state index in [-0.39, 0.29) is 18.5 Å². The highest BCUT2D eigenvalue weighted by Gasteiger charge is 2.20. The summed E-state index contributed by atoms with van der Waals surface area (Å²) in [5.41, 5.74) is 0. The largest absolute Gasteiger partial charge is 0.466 e. The zero-order valence-corrected chi connectivity index (χ0v) is 59.3. The molecule has 87 heavy (non-hydrogen) atoms. The molecule has 0 bridgehead atoms. The van der Waals surface area contributed by atoms with Gasteiger partial charge in [-0.05, 0) is 57.8 Å². The fourth-order valence-corrected chi connectivity index (χ4v) is 12.9. The Morgan fingerprint density at radius 2 is 0.575 bits per heavy atom. The standard InChI is InChI=1S/C81H157NO5/c1-3-5-7-9-11-13-15-17-19-21-38-41-45-49-53-57-61-65-69-73-79(84)78(77-83)82-80(85)74-70-66-62-58-54-50-46-42-39-36-34-32-30-28-26-24-23-25-27-29-31-33-35-37-40-44-48-52-56-60-64-68-72-76-87-81(86)75-71-67-63-59-55-51-47-43-22-20-18-16-14-12-10-8-6-4-2/h14,16,20,22,78-79,83-84H,3-13,15,17-19,21,23-77H2,1-2H3,(H,82,85)/b16-14-,22-20-. The topological polar surface area (TPSA) is 95.9 Å². The molecule has 0 aliphatic heterocycles. The van der Waals surface area contributed by atoms with Crippen LogP contribution in [0.25, 0.3) is 0 Å². The molecule has 0 aromatic carbocycles. The fourth-order valence-electron chi connectivity index (χ4n) is 12.9. The Morgan fingerprint density at radius 3 is 0.885 bits per heavy atom. The summed E-state index contributed by atoms with van der Waals surface area (Å²) in [6.07, 6.45) is 98.4. The van der Waals surface area contributed by atoms with Gasteiger partial charge >= 0.3 is 5.97 Å². The predicted octanol–water partition coefficient (Wildman–Crippen LogP) is 26.4. The molecule has 0 heterocycles. The van der Waals surface area contributed by atoms with Crippen LogP contribution in [-0.2, 0) is 14.3 Å². The molecule has 0 saturated heterocycles. The Bertz CT molecular complexity index is 1360. The molecule has 6 heteroatoms. The van der Waals surface area contributed by atoms with Crippen LogP contribution in [0.5, 0.6) is 0 Å². The second-order valence-corrected chi connectivity index (χ2v) is 27.8. The number of carbonyl (C=O) groups is 2. The molecular weight excluding hydrogens is 1070 g/mol. The average molecular weight is 1230 g/mol. The predicted molar refractivity (Wildman–Crippen MR) is 384 cm³/mol. The molecule has 0 saturated carbocycles. The Labute approximate surface area is 545 Å². The van der Waals surface area contributed by atoms with Gasteiger partial charge in [0.25, 0.3) is 0 Å². The van der Waals surface area contributed by atoms with Gasteiger partial charge in [-0.1, -0.05) is 411 Å². The summed E-state index contributed by atoms with van der Waals surface area (Å²) >= 11 is 0. The average Bonchev–Trinajstić information content (AvgIpc) is 3.56. The SMILES string of the molecule is CCCCCC/C=C\C/C=C\CCCCCCCCCC(=O)OCCCCCCCCCCCCCCCCCCCCCCCCCCCCCCCCCCCC(=O)NC(CO)C(O)CCCCCCCCCCCCCCCCCCCCC. The van der Waals surface area contributed by atoms with Crippen molar-refractivity contribution >= 4 is 11.9 Å². The monoisotopic (exact) mass is 1220 g/mol. The van der Waals surface area contributed by atoms with E-state index < -0.39 is 12.1 Å². The lowest BCUT2D eigenvalue weighted by molar-refractivity contribution is -0.143. The molecule has 0 aromatic rings.